The van der Waals surface area contributed by atoms with E-state index in [-0.39, 0.29) is 28.5 Å². The molecule has 0 bridgehead atoms. The molecule has 2 aromatic rings. The van der Waals surface area contributed by atoms with E-state index >= 15 is 0 Å². The van der Waals surface area contributed by atoms with Gasteiger partial charge in [-0.2, -0.15) is 10.5 Å². The molecule has 2 rings (SSSR count). The van der Waals surface area contributed by atoms with Gasteiger partial charge in [0.2, 0.25) is 0 Å². The average Bonchev–Trinajstić information content (AvgIpc) is 2.44. The number of benzene rings is 1. The van der Waals surface area contributed by atoms with Crippen molar-refractivity contribution < 1.29 is 0 Å². The van der Waals surface area contributed by atoms with Gasteiger partial charge in [-0.25, -0.2) is 9.97 Å². The predicted octanol–water partition coefficient (Wildman–Crippen LogP) is 3.98. The van der Waals surface area contributed by atoms with Gasteiger partial charge in [0.1, 0.15) is 10.8 Å². The average molecular weight is 356 g/mol. The summed E-state index contributed by atoms with van der Waals surface area (Å²) in [5.74, 6) is -1.11. The molecule has 22 heavy (non-hydrogen) atoms. The molecule has 0 saturated carbocycles. The van der Waals surface area contributed by atoms with Gasteiger partial charge in [-0.15, -0.1) is 0 Å². The van der Waals surface area contributed by atoms with E-state index in [1.807, 2.05) is 0 Å². The summed E-state index contributed by atoms with van der Waals surface area (Å²) >= 11 is 18.1. The number of anilines is 1. The number of aromatic nitrogens is 2. The highest BCUT2D eigenvalue weighted by Gasteiger charge is 2.22. The maximum Gasteiger partial charge on any atom is 0.176 e. The molecule has 1 heterocycles. The van der Waals surface area contributed by atoms with Crippen LogP contribution in [0.1, 0.15) is 11.6 Å². The Morgan fingerprint density at radius 1 is 1.05 bits per heavy atom. The first kappa shape index (κ1) is 18.0. The third-order valence-corrected chi connectivity index (χ3v) is 3.64. The highest BCUT2D eigenvalue weighted by Crippen LogP contribution is 2.35. The molecule has 0 unspecified atom stereocenters. The minimum Gasteiger partial charge on any atom is -0.382 e. The number of rotatable bonds is 2. The van der Waals surface area contributed by atoms with Gasteiger partial charge in [0, 0.05) is 0 Å². The predicted molar refractivity (Wildman–Crippen MR) is 85.9 cm³/mol. The van der Waals surface area contributed by atoms with Crippen LogP contribution in [-0.4, -0.2) is 9.97 Å². The summed E-state index contributed by atoms with van der Waals surface area (Å²) < 4.78 is 0. The van der Waals surface area contributed by atoms with Crippen molar-refractivity contribution in [3.8, 4) is 23.5 Å². The van der Waals surface area contributed by atoms with E-state index in [9.17, 15) is 0 Å². The first-order chi connectivity index (χ1) is 9.99. The number of nitrogens with two attached hydrogens (primary N) is 1. The Balaban J connectivity index is 0.00000242. The summed E-state index contributed by atoms with van der Waals surface area (Å²) in [5, 5.41) is 18.6. The van der Waals surface area contributed by atoms with E-state index in [0.29, 0.717) is 15.6 Å². The fourth-order valence-corrected chi connectivity index (χ4v) is 2.41. The van der Waals surface area contributed by atoms with Crippen molar-refractivity contribution in [2.24, 2.45) is 0 Å². The number of nitriles is 2. The molecule has 0 aliphatic heterocycles. The van der Waals surface area contributed by atoms with Crippen LogP contribution >= 0.6 is 34.8 Å². The minimum absolute atomic E-state index is 0. The maximum atomic E-state index is 8.98. The van der Waals surface area contributed by atoms with Crippen molar-refractivity contribution >= 4 is 40.6 Å². The lowest BCUT2D eigenvalue weighted by molar-refractivity contribution is 0.992. The normalized spacial score (nSPS) is 9.73. The Kier molecular flexibility index (Phi) is 5.92. The van der Waals surface area contributed by atoms with Crippen LogP contribution in [0.2, 0.25) is 15.1 Å². The second-order valence-corrected chi connectivity index (χ2v) is 5.11. The van der Waals surface area contributed by atoms with Crippen LogP contribution in [0, 0.1) is 22.7 Å². The molecule has 0 aliphatic carbocycles. The number of hydrogen-bond acceptors (Lipinski definition) is 6. The monoisotopic (exact) mass is 354 g/mol. The van der Waals surface area contributed by atoms with E-state index < -0.39 is 5.92 Å². The molecule has 0 saturated heterocycles. The Bertz CT molecular complexity index is 759. The SMILES string of the molecule is N.N#CC(C#N)c1nc(-c2c(Cl)cccc2Cl)nc(N)c1Cl. The van der Waals surface area contributed by atoms with Crippen molar-refractivity contribution in [1.29, 1.82) is 10.5 Å². The van der Waals surface area contributed by atoms with E-state index in [2.05, 4.69) is 9.97 Å². The standard InChI is InChI=1S/C13H6Cl3N5.H3N/c14-7-2-1-3-8(15)9(7)13-20-11(6(4-17)5-18)10(16)12(19)21-13;/h1-3,6H,(H2,19,20,21);1H3. The molecule has 1 aromatic heterocycles. The van der Waals surface area contributed by atoms with Gasteiger partial charge in [-0.05, 0) is 12.1 Å². The summed E-state index contributed by atoms with van der Waals surface area (Å²) in [6.07, 6.45) is 0. The lowest BCUT2D eigenvalue weighted by atomic mass is 10.1. The van der Waals surface area contributed by atoms with Crippen LogP contribution in [-0.2, 0) is 0 Å². The minimum atomic E-state index is -1.16. The van der Waals surface area contributed by atoms with Gasteiger partial charge in [-0.1, -0.05) is 40.9 Å². The maximum absolute atomic E-state index is 8.98. The Labute approximate surface area is 141 Å². The molecule has 0 spiro atoms. The summed E-state index contributed by atoms with van der Waals surface area (Å²) in [6.45, 7) is 0. The fourth-order valence-electron chi connectivity index (χ4n) is 1.65. The van der Waals surface area contributed by atoms with E-state index in [1.165, 1.54) is 0 Å². The molecule has 0 atom stereocenters. The topological polar surface area (TPSA) is 134 Å². The molecule has 112 valence electrons. The summed E-state index contributed by atoms with van der Waals surface area (Å²) in [5.41, 5.74) is 6.11. The lowest BCUT2D eigenvalue weighted by Gasteiger charge is -2.11. The van der Waals surface area contributed by atoms with Crippen molar-refractivity contribution in [2.45, 2.75) is 5.92 Å². The van der Waals surface area contributed by atoms with Crippen LogP contribution in [0.4, 0.5) is 5.82 Å². The van der Waals surface area contributed by atoms with Gasteiger partial charge in [0.25, 0.3) is 0 Å². The zero-order valence-electron chi connectivity index (χ0n) is 11.0. The second-order valence-electron chi connectivity index (χ2n) is 3.92. The Morgan fingerprint density at radius 3 is 2.09 bits per heavy atom. The molecule has 0 fully saturated rings. The van der Waals surface area contributed by atoms with Crippen molar-refractivity contribution in [3.05, 3.63) is 39.0 Å². The first-order valence-corrected chi connectivity index (χ1v) is 6.69. The largest absolute Gasteiger partial charge is 0.382 e. The molecule has 0 aliphatic rings. The molecule has 6 nitrogen and oxygen atoms in total. The Hall–Kier alpha value is -2.09. The highest BCUT2D eigenvalue weighted by molar-refractivity contribution is 6.39. The van der Waals surface area contributed by atoms with Crippen molar-refractivity contribution in [2.75, 3.05) is 5.73 Å². The number of hydrogen-bond donors (Lipinski definition) is 2. The van der Waals surface area contributed by atoms with Crippen LogP contribution < -0.4 is 11.9 Å². The van der Waals surface area contributed by atoms with Gasteiger partial charge < -0.3 is 11.9 Å². The molecule has 1 aromatic carbocycles. The third-order valence-electron chi connectivity index (χ3n) is 2.62. The highest BCUT2D eigenvalue weighted by atomic mass is 35.5. The second kappa shape index (κ2) is 7.26. The number of halogens is 3. The van der Waals surface area contributed by atoms with Crippen molar-refractivity contribution in [1.82, 2.24) is 16.1 Å². The fraction of sp³-hybridized carbons (Fsp3) is 0.0769. The smallest absolute Gasteiger partial charge is 0.176 e. The molecular weight excluding hydrogens is 347 g/mol. The molecular formula is C13H9Cl3N6. The molecule has 9 heteroatoms. The van der Waals surface area contributed by atoms with E-state index in [4.69, 9.17) is 51.1 Å². The van der Waals surface area contributed by atoms with Crippen LogP contribution in [0.3, 0.4) is 0 Å². The third kappa shape index (κ3) is 3.22. The van der Waals surface area contributed by atoms with Gasteiger partial charge >= 0.3 is 0 Å². The number of nitrogens with zero attached hydrogens (tertiary/aromatic N) is 4. The molecule has 0 radical (unpaired) electrons. The first-order valence-electron chi connectivity index (χ1n) is 5.56. The zero-order valence-corrected chi connectivity index (χ0v) is 13.3. The van der Waals surface area contributed by atoms with Crippen LogP contribution in [0.15, 0.2) is 18.2 Å². The van der Waals surface area contributed by atoms with E-state index in [0.717, 1.165) is 0 Å². The van der Waals surface area contributed by atoms with Crippen molar-refractivity contribution in [3.63, 3.8) is 0 Å². The van der Waals surface area contributed by atoms with E-state index in [1.54, 1.807) is 30.3 Å². The van der Waals surface area contributed by atoms with Crippen LogP contribution in [0.5, 0.6) is 0 Å². The lowest BCUT2D eigenvalue weighted by Crippen LogP contribution is -2.06. The molecule has 5 N–H and O–H groups in total. The van der Waals surface area contributed by atoms with Gasteiger partial charge in [-0.3, -0.25) is 0 Å². The Morgan fingerprint density at radius 2 is 1.59 bits per heavy atom. The number of nitrogen functional groups attached to an aromatic ring is 1. The van der Waals surface area contributed by atoms with Crippen LogP contribution in [0.25, 0.3) is 11.4 Å². The summed E-state index contributed by atoms with van der Waals surface area (Å²) in [7, 11) is 0. The summed E-state index contributed by atoms with van der Waals surface area (Å²) in [4.78, 5) is 8.15. The summed E-state index contributed by atoms with van der Waals surface area (Å²) in [6, 6.07) is 8.47. The van der Waals surface area contributed by atoms with Gasteiger partial charge in [0.15, 0.2) is 11.7 Å². The zero-order chi connectivity index (χ0) is 15.6. The van der Waals surface area contributed by atoms with Gasteiger partial charge in [0.05, 0.1) is 33.4 Å². The molecule has 0 amide bonds. The quantitative estimate of drug-likeness (QED) is 0.836.